The molecular formula is C17H33IN4O3. The first kappa shape index (κ1) is 22.3. The molecule has 2 aliphatic rings. The molecule has 0 bridgehead atoms. The lowest BCUT2D eigenvalue weighted by atomic mass is 10.2. The maximum atomic E-state index is 11.6. The van der Waals surface area contributed by atoms with Crippen molar-refractivity contribution in [3.8, 4) is 0 Å². The van der Waals surface area contributed by atoms with Crippen LogP contribution in [0.25, 0.3) is 0 Å². The molecule has 7 nitrogen and oxygen atoms in total. The third kappa shape index (κ3) is 8.94. The second kappa shape index (κ2) is 11.8. The number of carbonyl (C=O) groups excluding carboxylic acids is 1. The molecule has 146 valence electrons. The molecule has 0 radical (unpaired) electrons. The first-order valence-electron chi connectivity index (χ1n) is 9.06. The Labute approximate surface area is 168 Å². The van der Waals surface area contributed by atoms with E-state index in [-0.39, 0.29) is 36.1 Å². The summed E-state index contributed by atoms with van der Waals surface area (Å²) in [6, 6.07) is 0.0836. The molecule has 1 amide bonds. The Morgan fingerprint density at radius 1 is 1.32 bits per heavy atom. The Morgan fingerprint density at radius 3 is 2.60 bits per heavy atom. The smallest absolute Gasteiger partial charge is 0.407 e. The van der Waals surface area contributed by atoms with Crippen LogP contribution in [0.3, 0.4) is 0 Å². The third-order valence-electron chi connectivity index (χ3n) is 4.44. The molecule has 1 atom stereocenters. The third-order valence-corrected chi connectivity index (χ3v) is 4.44. The second-order valence-electron chi connectivity index (χ2n) is 6.68. The van der Waals surface area contributed by atoms with E-state index in [2.05, 4.69) is 20.5 Å². The molecule has 2 rings (SSSR count). The van der Waals surface area contributed by atoms with E-state index in [1.165, 1.54) is 12.8 Å². The number of aliphatic imine (C=N–C) groups is 1. The summed E-state index contributed by atoms with van der Waals surface area (Å²) >= 11 is 0. The number of nitrogens with one attached hydrogen (secondary N) is 2. The first-order chi connectivity index (χ1) is 11.6. The number of amides is 1. The van der Waals surface area contributed by atoms with Gasteiger partial charge in [0.2, 0.25) is 0 Å². The minimum Gasteiger partial charge on any atom is -0.450 e. The topological polar surface area (TPSA) is 75.2 Å². The van der Waals surface area contributed by atoms with Crippen LogP contribution < -0.4 is 10.6 Å². The number of nitrogens with zero attached hydrogens (tertiary/aromatic N) is 2. The van der Waals surface area contributed by atoms with E-state index in [9.17, 15) is 4.79 Å². The van der Waals surface area contributed by atoms with Gasteiger partial charge >= 0.3 is 6.09 Å². The quantitative estimate of drug-likeness (QED) is 0.222. The summed E-state index contributed by atoms with van der Waals surface area (Å²) in [6.07, 6.45) is 4.60. The molecule has 0 aliphatic heterocycles. The van der Waals surface area contributed by atoms with E-state index in [1.54, 1.807) is 7.05 Å². The Morgan fingerprint density at radius 2 is 2.04 bits per heavy atom. The molecule has 0 aromatic heterocycles. The van der Waals surface area contributed by atoms with Crippen LogP contribution in [0.1, 0.15) is 32.6 Å². The van der Waals surface area contributed by atoms with Crippen LogP contribution in [0.15, 0.2) is 4.99 Å². The van der Waals surface area contributed by atoms with E-state index in [1.807, 2.05) is 14.0 Å². The summed E-state index contributed by atoms with van der Waals surface area (Å²) in [5.74, 6) is 2.15. The fourth-order valence-electron chi connectivity index (χ4n) is 2.59. The van der Waals surface area contributed by atoms with Crippen LogP contribution in [-0.4, -0.2) is 70.0 Å². The van der Waals surface area contributed by atoms with E-state index in [0.717, 1.165) is 37.9 Å². The van der Waals surface area contributed by atoms with Crippen LogP contribution in [0.2, 0.25) is 0 Å². The van der Waals surface area contributed by atoms with Crippen LogP contribution in [0.4, 0.5) is 4.79 Å². The first-order valence-corrected chi connectivity index (χ1v) is 9.06. The van der Waals surface area contributed by atoms with Crippen molar-refractivity contribution in [2.24, 2.45) is 16.8 Å². The predicted octanol–water partition coefficient (Wildman–Crippen LogP) is 2.06. The van der Waals surface area contributed by atoms with Crippen molar-refractivity contribution in [2.75, 3.05) is 47.0 Å². The summed E-state index contributed by atoms with van der Waals surface area (Å²) in [6.45, 7) is 5.25. The number of rotatable bonds is 10. The van der Waals surface area contributed by atoms with Crippen LogP contribution in [-0.2, 0) is 9.47 Å². The molecule has 8 heteroatoms. The zero-order chi connectivity index (χ0) is 17.4. The van der Waals surface area contributed by atoms with Crippen molar-refractivity contribution in [3.63, 3.8) is 0 Å². The zero-order valence-corrected chi connectivity index (χ0v) is 18.0. The van der Waals surface area contributed by atoms with Gasteiger partial charge in [-0.2, -0.15) is 0 Å². The van der Waals surface area contributed by atoms with Gasteiger partial charge in [0.15, 0.2) is 5.96 Å². The Kier molecular flexibility index (Phi) is 10.5. The SMILES string of the molecule is CCOC(=O)NC(CNC(=NC)N(C)CCOCC1CC1)C1CC1.I. The minimum absolute atomic E-state index is 0. The van der Waals surface area contributed by atoms with E-state index >= 15 is 0 Å². The zero-order valence-electron chi connectivity index (χ0n) is 15.6. The average Bonchev–Trinajstić information content (AvgIpc) is 3.45. The summed E-state index contributed by atoms with van der Waals surface area (Å²) in [5.41, 5.74) is 0. The number of halogens is 1. The number of likely N-dealkylation sites (N-methyl/N-ethyl adjacent to an activating group) is 1. The van der Waals surface area contributed by atoms with Crippen molar-refractivity contribution in [1.29, 1.82) is 0 Å². The van der Waals surface area contributed by atoms with Gasteiger partial charge in [0.1, 0.15) is 0 Å². The highest BCUT2D eigenvalue weighted by molar-refractivity contribution is 14.0. The van der Waals surface area contributed by atoms with Gasteiger partial charge in [0.05, 0.1) is 19.3 Å². The Bertz CT molecular complexity index is 428. The molecule has 0 spiro atoms. The number of hydrogen-bond donors (Lipinski definition) is 2. The van der Waals surface area contributed by atoms with E-state index in [4.69, 9.17) is 9.47 Å². The van der Waals surface area contributed by atoms with Gasteiger partial charge in [-0.3, -0.25) is 4.99 Å². The van der Waals surface area contributed by atoms with Crippen LogP contribution in [0.5, 0.6) is 0 Å². The molecule has 2 aliphatic carbocycles. The van der Waals surface area contributed by atoms with Gasteiger partial charge < -0.3 is 25.0 Å². The fraction of sp³-hybridized carbons (Fsp3) is 0.882. The highest BCUT2D eigenvalue weighted by Gasteiger charge is 2.32. The maximum Gasteiger partial charge on any atom is 0.407 e. The van der Waals surface area contributed by atoms with Gasteiger partial charge in [-0.1, -0.05) is 0 Å². The highest BCUT2D eigenvalue weighted by atomic mass is 127. The summed E-state index contributed by atoms with van der Waals surface area (Å²) in [4.78, 5) is 18.0. The number of ether oxygens (including phenoxy) is 2. The number of carbonyl (C=O) groups is 1. The summed E-state index contributed by atoms with van der Waals surface area (Å²) in [7, 11) is 3.77. The van der Waals surface area contributed by atoms with Crippen LogP contribution in [0, 0.1) is 11.8 Å². The van der Waals surface area contributed by atoms with E-state index in [0.29, 0.717) is 25.7 Å². The van der Waals surface area contributed by atoms with Gasteiger partial charge in [0.25, 0.3) is 0 Å². The standard InChI is InChI=1S/C17H32N4O3.HI/c1-4-24-17(22)20-15(14-7-8-14)11-19-16(18-2)21(3)9-10-23-12-13-5-6-13;/h13-15H,4-12H2,1-3H3,(H,18,19)(H,20,22);1H. The van der Waals surface area contributed by atoms with Crippen molar-refractivity contribution < 1.29 is 14.3 Å². The largest absolute Gasteiger partial charge is 0.450 e. The van der Waals surface area contributed by atoms with Crippen molar-refractivity contribution in [2.45, 2.75) is 38.6 Å². The minimum atomic E-state index is -0.340. The van der Waals surface area contributed by atoms with Gasteiger partial charge in [-0.25, -0.2) is 4.79 Å². The van der Waals surface area contributed by atoms with E-state index < -0.39 is 0 Å². The molecule has 1 unspecified atom stereocenters. The molecule has 2 fully saturated rings. The van der Waals surface area contributed by atoms with Gasteiger partial charge in [-0.05, 0) is 44.4 Å². The molecule has 0 heterocycles. The highest BCUT2D eigenvalue weighted by Crippen LogP contribution is 2.32. The predicted molar refractivity (Wildman–Crippen MR) is 110 cm³/mol. The maximum absolute atomic E-state index is 11.6. The lowest BCUT2D eigenvalue weighted by molar-refractivity contribution is 0.115. The molecule has 0 saturated heterocycles. The van der Waals surface area contributed by atoms with Crippen molar-refractivity contribution in [1.82, 2.24) is 15.5 Å². The van der Waals surface area contributed by atoms with Crippen molar-refractivity contribution in [3.05, 3.63) is 0 Å². The number of alkyl carbamates (subject to hydrolysis) is 1. The monoisotopic (exact) mass is 468 g/mol. The Balaban J connectivity index is 0.00000312. The average molecular weight is 468 g/mol. The Hall–Kier alpha value is -0.770. The number of guanidine groups is 1. The molecule has 0 aromatic rings. The molecule has 2 saturated carbocycles. The lowest BCUT2D eigenvalue weighted by Crippen LogP contribution is -2.49. The summed E-state index contributed by atoms with van der Waals surface area (Å²) in [5, 5.41) is 6.30. The fourth-order valence-corrected chi connectivity index (χ4v) is 2.59. The van der Waals surface area contributed by atoms with Crippen LogP contribution >= 0.6 is 24.0 Å². The normalized spacial score (nSPS) is 18.1. The lowest BCUT2D eigenvalue weighted by Gasteiger charge is -2.25. The molecule has 25 heavy (non-hydrogen) atoms. The second-order valence-corrected chi connectivity index (χ2v) is 6.68. The number of hydrogen-bond acceptors (Lipinski definition) is 4. The van der Waals surface area contributed by atoms with Crippen molar-refractivity contribution >= 4 is 36.0 Å². The molecule has 2 N–H and O–H groups in total. The summed E-state index contributed by atoms with van der Waals surface area (Å²) < 4.78 is 10.7. The molecule has 0 aromatic carbocycles. The molecular weight excluding hydrogens is 435 g/mol. The van der Waals surface area contributed by atoms with Gasteiger partial charge in [-0.15, -0.1) is 24.0 Å². The van der Waals surface area contributed by atoms with Gasteiger partial charge in [0, 0.05) is 33.8 Å².